The zero-order chi connectivity index (χ0) is 12.7. The average molecular weight is 238 g/mol. The summed E-state index contributed by atoms with van der Waals surface area (Å²) in [5, 5.41) is 12.4. The highest BCUT2D eigenvalue weighted by Crippen LogP contribution is 2.25. The smallest absolute Gasteiger partial charge is 0.351 e. The van der Waals surface area contributed by atoms with Crippen molar-refractivity contribution in [3.63, 3.8) is 0 Å². The number of nitrogens with zero attached hydrogens (tertiary/aromatic N) is 1. The summed E-state index contributed by atoms with van der Waals surface area (Å²) in [6.07, 6.45) is 8.90. The maximum absolute atomic E-state index is 10.5. The van der Waals surface area contributed by atoms with Crippen LogP contribution in [-0.2, 0) is 4.79 Å². The molecule has 0 atom stereocenters. The highest BCUT2D eigenvalue weighted by molar-refractivity contribution is 6.34. The molecule has 0 spiro atoms. The minimum Gasteiger partial charge on any atom is -0.477 e. The van der Waals surface area contributed by atoms with Crippen LogP contribution in [0.5, 0.6) is 0 Å². The first kappa shape index (κ1) is 13.7. The van der Waals surface area contributed by atoms with E-state index < -0.39 is 5.97 Å². The normalized spacial score (nSPS) is 19.2. The van der Waals surface area contributed by atoms with E-state index in [2.05, 4.69) is 23.5 Å². The Morgan fingerprint density at radius 1 is 1.35 bits per heavy atom. The molecule has 0 aromatic rings. The molecule has 0 aliphatic heterocycles. The van der Waals surface area contributed by atoms with Crippen LogP contribution in [0.15, 0.2) is 16.8 Å². The number of hydrazone groups is 1. The second-order valence-corrected chi connectivity index (χ2v) is 4.75. The maximum Gasteiger partial charge on any atom is 0.351 e. The van der Waals surface area contributed by atoms with Gasteiger partial charge in [0.1, 0.15) is 5.71 Å². The topological polar surface area (TPSA) is 61.7 Å². The Balaban J connectivity index is 2.33. The van der Waals surface area contributed by atoms with Gasteiger partial charge in [-0.2, -0.15) is 5.10 Å². The molecular weight excluding hydrogens is 216 g/mol. The van der Waals surface area contributed by atoms with E-state index in [1.165, 1.54) is 44.6 Å². The van der Waals surface area contributed by atoms with Crippen molar-refractivity contribution in [2.24, 2.45) is 11.0 Å². The van der Waals surface area contributed by atoms with Crippen LogP contribution in [0.1, 0.15) is 46.0 Å². The van der Waals surface area contributed by atoms with Crippen molar-refractivity contribution in [1.82, 2.24) is 5.43 Å². The fraction of sp³-hybridized carbons (Fsp3) is 0.692. The molecule has 0 aromatic carbocycles. The molecule has 0 bridgehead atoms. The Morgan fingerprint density at radius 3 is 2.59 bits per heavy atom. The fourth-order valence-electron chi connectivity index (χ4n) is 2.09. The van der Waals surface area contributed by atoms with Crippen LogP contribution < -0.4 is 5.43 Å². The van der Waals surface area contributed by atoms with Gasteiger partial charge in [-0.3, -0.25) is 0 Å². The second-order valence-electron chi connectivity index (χ2n) is 4.75. The molecule has 4 nitrogen and oxygen atoms in total. The van der Waals surface area contributed by atoms with Gasteiger partial charge in [0.05, 0.1) is 6.54 Å². The van der Waals surface area contributed by atoms with Crippen molar-refractivity contribution < 1.29 is 9.90 Å². The van der Waals surface area contributed by atoms with Gasteiger partial charge in [0.25, 0.3) is 0 Å². The Hall–Kier alpha value is -1.32. The molecule has 0 saturated heterocycles. The lowest BCUT2D eigenvalue weighted by Gasteiger charge is -2.19. The summed E-state index contributed by atoms with van der Waals surface area (Å²) in [7, 11) is 0. The molecule has 1 rings (SSSR count). The molecule has 2 N–H and O–H groups in total. The number of hydrogen-bond acceptors (Lipinski definition) is 3. The molecule has 0 heterocycles. The molecule has 1 aliphatic carbocycles. The van der Waals surface area contributed by atoms with Crippen LogP contribution in [0.3, 0.4) is 0 Å². The number of rotatable bonds is 5. The highest BCUT2D eigenvalue weighted by atomic mass is 16.4. The fourth-order valence-corrected chi connectivity index (χ4v) is 2.09. The Bertz CT molecular complexity index is 315. The van der Waals surface area contributed by atoms with Gasteiger partial charge in [-0.15, -0.1) is 0 Å². The molecule has 96 valence electrons. The van der Waals surface area contributed by atoms with Crippen LogP contribution in [0.2, 0.25) is 0 Å². The summed E-state index contributed by atoms with van der Waals surface area (Å²) in [6, 6.07) is 0. The number of allylic oxidation sites excluding steroid dienone is 1. The number of aliphatic carboxylic acids is 1. The van der Waals surface area contributed by atoms with E-state index in [9.17, 15) is 4.79 Å². The Morgan fingerprint density at radius 2 is 2.00 bits per heavy atom. The third-order valence-electron chi connectivity index (χ3n) is 3.08. The molecule has 17 heavy (non-hydrogen) atoms. The number of carboxylic acids is 1. The van der Waals surface area contributed by atoms with Crippen molar-refractivity contribution in [2.75, 3.05) is 6.54 Å². The third-order valence-corrected chi connectivity index (χ3v) is 3.08. The van der Waals surface area contributed by atoms with Gasteiger partial charge in [-0.1, -0.05) is 30.9 Å². The summed E-state index contributed by atoms with van der Waals surface area (Å²) in [5.74, 6) is -0.276. The lowest BCUT2D eigenvalue weighted by Crippen LogP contribution is -2.17. The monoisotopic (exact) mass is 238 g/mol. The van der Waals surface area contributed by atoms with E-state index in [-0.39, 0.29) is 5.71 Å². The molecule has 0 unspecified atom stereocenters. The highest BCUT2D eigenvalue weighted by Gasteiger charge is 2.10. The minimum atomic E-state index is -0.980. The van der Waals surface area contributed by atoms with E-state index in [1.807, 2.05) is 0 Å². The van der Waals surface area contributed by atoms with Crippen molar-refractivity contribution in [3.05, 3.63) is 11.6 Å². The summed E-state index contributed by atoms with van der Waals surface area (Å²) < 4.78 is 0. The van der Waals surface area contributed by atoms with Gasteiger partial charge in [0.2, 0.25) is 0 Å². The zero-order valence-electron chi connectivity index (χ0n) is 10.7. The van der Waals surface area contributed by atoms with Gasteiger partial charge in [-0.25, -0.2) is 4.79 Å². The summed E-state index contributed by atoms with van der Waals surface area (Å²) in [4.78, 5) is 10.5. The molecule has 1 saturated carbocycles. The lowest BCUT2D eigenvalue weighted by molar-refractivity contribution is -0.129. The second kappa shape index (κ2) is 7.09. The number of nitrogens with one attached hydrogen (secondary N) is 1. The quantitative estimate of drug-likeness (QED) is 0.439. The van der Waals surface area contributed by atoms with Crippen LogP contribution in [0, 0.1) is 5.92 Å². The number of carbonyl (C=O) groups is 1. The predicted molar refractivity (Wildman–Crippen MR) is 69.1 cm³/mol. The minimum absolute atomic E-state index is 0.0930. The molecule has 1 aliphatic rings. The van der Waals surface area contributed by atoms with Crippen LogP contribution >= 0.6 is 0 Å². The Labute approximate surface area is 103 Å². The van der Waals surface area contributed by atoms with Crippen LogP contribution in [-0.4, -0.2) is 23.3 Å². The number of carboxylic acid groups (broad SMARTS) is 1. The number of hydrogen-bond donors (Lipinski definition) is 2. The summed E-state index contributed by atoms with van der Waals surface area (Å²) >= 11 is 0. The first-order chi connectivity index (χ1) is 8.09. The first-order valence-corrected chi connectivity index (χ1v) is 6.27. The van der Waals surface area contributed by atoms with Gasteiger partial charge >= 0.3 is 5.97 Å². The van der Waals surface area contributed by atoms with Crippen molar-refractivity contribution in [2.45, 2.75) is 46.0 Å². The van der Waals surface area contributed by atoms with E-state index in [1.54, 1.807) is 0 Å². The maximum atomic E-state index is 10.5. The van der Waals surface area contributed by atoms with Crippen LogP contribution in [0.25, 0.3) is 0 Å². The molecule has 4 heteroatoms. The molecule has 1 fully saturated rings. The zero-order valence-corrected chi connectivity index (χ0v) is 10.7. The molecule has 0 aromatic heterocycles. The van der Waals surface area contributed by atoms with E-state index >= 15 is 0 Å². The van der Waals surface area contributed by atoms with Crippen LogP contribution in [0.4, 0.5) is 0 Å². The summed E-state index contributed by atoms with van der Waals surface area (Å²) in [5.41, 5.74) is 4.12. The predicted octanol–water partition coefficient (Wildman–Crippen LogP) is 2.56. The van der Waals surface area contributed by atoms with E-state index in [4.69, 9.17) is 5.11 Å². The SMILES string of the molecule is C/C(=N/NC/C(C)=C/C1CCCCC1)C(=O)O. The largest absolute Gasteiger partial charge is 0.477 e. The molecular formula is C13H22N2O2. The van der Waals surface area contributed by atoms with Gasteiger partial charge < -0.3 is 10.5 Å². The van der Waals surface area contributed by atoms with E-state index in [0.717, 1.165) is 0 Å². The third kappa shape index (κ3) is 5.52. The average Bonchev–Trinajstić information content (AvgIpc) is 2.30. The van der Waals surface area contributed by atoms with Gasteiger partial charge in [-0.05, 0) is 32.6 Å². The molecule has 0 amide bonds. The standard InChI is InChI=1S/C13H22N2O2/c1-10(8-12-6-4-3-5-7-12)9-14-15-11(2)13(16)17/h8,12,14H,3-7,9H2,1-2H3,(H,16,17)/b10-8+,15-11-. The lowest BCUT2D eigenvalue weighted by atomic mass is 9.88. The van der Waals surface area contributed by atoms with Crippen molar-refractivity contribution in [1.29, 1.82) is 0 Å². The van der Waals surface area contributed by atoms with Crippen molar-refractivity contribution >= 4 is 11.7 Å². The van der Waals surface area contributed by atoms with Gasteiger partial charge in [0, 0.05) is 0 Å². The van der Waals surface area contributed by atoms with Gasteiger partial charge in [0.15, 0.2) is 0 Å². The summed E-state index contributed by atoms with van der Waals surface area (Å²) in [6.45, 7) is 4.17. The molecule has 0 radical (unpaired) electrons. The van der Waals surface area contributed by atoms with E-state index in [0.29, 0.717) is 12.5 Å². The van der Waals surface area contributed by atoms with Crippen molar-refractivity contribution in [3.8, 4) is 0 Å². The Kier molecular flexibility index (Phi) is 5.73. The first-order valence-electron chi connectivity index (χ1n) is 6.27.